The molecule has 0 spiro atoms. The lowest BCUT2D eigenvalue weighted by atomic mass is 9.93. The molecule has 0 radical (unpaired) electrons. The number of carboxylic acid groups (broad SMARTS) is 1. The highest BCUT2D eigenvalue weighted by Gasteiger charge is 2.19. The zero-order chi connectivity index (χ0) is 10.8. The van der Waals surface area contributed by atoms with Crippen LogP contribution in [0.25, 0.3) is 0 Å². The normalized spacial score (nSPS) is 15.7. The van der Waals surface area contributed by atoms with Crippen molar-refractivity contribution in [1.29, 1.82) is 0 Å². The largest absolute Gasteiger partial charge is 0.478 e. The number of hydrogen-bond donors (Lipinski definition) is 3. The van der Waals surface area contributed by atoms with Crippen molar-refractivity contribution in [3.63, 3.8) is 0 Å². The van der Waals surface area contributed by atoms with Crippen LogP contribution in [0.5, 0.6) is 0 Å². The van der Waals surface area contributed by atoms with E-state index >= 15 is 0 Å². The summed E-state index contributed by atoms with van der Waals surface area (Å²) >= 11 is 0. The molecule has 4 N–H and O–H groups in total. The highest BCUT2D eigenvalue weighted by molar-refractivity contribution is 5.93. The van der Waals surface area contributed by atoms with E-state index in [9.17, 15) is 4.79 Å². The molecular weight excluding hydrogens is 196 g/mol. The van der Waals surface area contributed by atoms with Crippen molar-refractivity contribution >= 4 is 17.6 Å². The molecule has 6 nitrogen and oxygen atoms in total. The SMILES string of the molecule is Nc1nnc(NC2CCC2)cc1C(=O)O. The standard InChI is InChI=1S/C9H12N4O2/c10-8-6(9(14)15)4-7(12-13-8)11-5-2-1-3-5/h4-5H,1-3H2,(H2,10,13)(H,11,12)(H,14,15). The second kappa shape index (κ2) is 3.72. The number of aromatic carboxylic acids is 1. The number of anilines is 2. The van der Waals surface area contributed by atoms with E-state index in [4.69, 9.17) is 10.8 Å². The van der Waals surface area contributed by atoms with Crippen molar-refractivity contribution in [2.45, 2.75) is 25.3 Å². The summed E-state index contributed by atoms with van der Waals surface area (Å²) in [7, 11) is 0. The fraction of sp³-hybridized carbons (Fsp3) is 0.444. The number of nitrogens with two attached hydrogens (primary N) is 1. The summed E-state index contributed by atoms with van der Waals surface area (Å²) in [5.74, 6) is -0.660. The van der Waals surface area contributed by atoms with Crippen LogP contribution >= 0.6 is 0 Å². The molecule has 0 amide bonds. The van der Waals surface area contributed by atoms with Gasteiger partial charge in [0.25, 0.3) is 0 Å². The van der Waals surface area contributed by atoms with Gasteiger partial charge in [0.2, 0.25) is 0 Å². The molecule has 1 aliphatic carbocycles. The van der Waals surface area contributed by atoms with Crippen LogP contribution in [-0.4, -0.2) is 27.3 Å². The Kier molecular flexibility index (Phi) is 2.40. The van der Waals surface area contributed by atoms with Crippen LogP contribution < -0.4 is 11.1 Å². The van der Waals surface area contributed by atoms with Gasteiger partial charge in [-0.15, -0.1) is 10.2 Å². The maximum Gasteiger partial charge on any atom is 0.339 e. The van der Waals surface area contributed by atoms with Crippen molar-refractivity contribution in [2.24, 2.45) is 0 Å². The summed E-state index contributed by atoms with van der Waals surface area (Å²) in [5.41, 5.74) is 5.38. The monoisotopic (exact) mass is 208 g/mol. The van der Waals surface area contributed by atoms with Gasteiger partial charge in [-0.3, -0.25) is 0 Å². The third kappa shape index (κ3) is 1.98. The number of rotatable bonds is 3. The molecule has 6 heteroatoms. The molecule has 80 valence electrons. The summed E-state index contributed by atoms with van der Waals surface area (Å²) in [5, 5.41) is 19.3. The third-order valence-corrected chi connectivity index (χ3v) is 2.51. The molecule has 0 saturated heterocycles. The fourth-order valence-electron chi connectivity index (χ4n) is 1.40. The van der Waals surface area contributed by atoms with Gasteiger partial charge in [-0.25, -0.2) is 4.79 Å². The number of aromatic nitrogens is 2. The predicted octanol–water partition coefficient (Wildman–Crippen LogP) is 0.721. The first-order valence-electron chi connectivity index (χ1n) is 4.80. The Morgan fingerprint density at radius 3 is 2.80 bits per heavy atom. The molecule has 0 bridgehead atoms. The molecule has 1 aliphatic rings. The van der Waals surface area contributed by atoms with Gasteiger partial charge in [-0.05, 0) is 19.3 Å². The Morgan fingerprint density at radius 2 is 2.27 bits per heavy atom. The fourth-order valence-corrected chi connectivity index (χ4v) is 1.40. The minimum atomic E-state index is -1.08. The van der Waals surface area contributed by atoms with Crippen molar-refractivity contribution in [2.75, 3.05) is 11.1 Å². The first-order valence-corrected chi connectivity index (χ1v) is 4.80. The number of carbonyl (C=O) groups is 1. The third-order valence-electron chi connectivity index (χ3n) is 2.51. The molecular formula is C9H12N4O2. The van der Waals surface area contributed by atoms with E-state index < -0.39 is 5.97 Å². The van der Waals surface area contributed by atoms with E-state index in [1.165, 1.54) is 12.5 Å². The van der Waals surface area contributed by atoms with E-state index in [-0.39, 0.29) is 11.4 Å². The summed E-state index contributed by atoms with van der Waals surface area (Å²) in [6.45, 7) is 0. The molecule has 1 aromatic rings. The maximum atomic E-state index is 10.8. The highest BCUT2D eigenvalue weighted by atomic mass is 16.4. The number of carboxylic acids is 1. The molecule has 15 heavy (non-hydrogen) atoms. The zero-order valence-corrected chi connectivity index (χ0v) is 8.10. The summed E-state index contributed by atoms with van der Waals surface area (Å²) in [6.07, 6.45) is 3.38. The van der Waals surface area contributed by atoms with Crippen LogP contribution in [0.15, 0.2) is 6.07 Å². The predicted molar refractivity (Wildman–Crippen MR) is 54.7 cm³/mol. The quantitative estimate of drug-likeness (QED) is 0.676. The van der Waals surface area contributed by atoms with Gasteiger partial charge in [0.1, 0.15) is 11.4 Å². The Morgan fingerprint density at radius 1 is 1.53 bits per heavy atom. The second-order valence-corrected chi connectivity index (χ2v) is 3.61. The maximum absolute atomic E-state index is 10.8. The van der Waals surface area contributed by atoms with E-state index in [1.54, 1.807) is 0 Å². The van der Waals surface area contributed by atoms with Crippen molar-refractivity contribution in [3.8, 4) is 0 Å². The Labute approximate surface area is 86.5 Å². The van der Waals surface area contributed by atoms with Crippen LogP contribution in [0.2, 0.25) is 0 Å². The van der Waals surface area contributed by atoms with E-state index in [0.717, 1.165) is 12.8 Å². The van der Waals surface area contributed by atoms with Crippen LogP contribution in [0.4, 0.5) is 11.6 Å². The summed E-state index contributed by atoms with van der Waals surface area (Å²) in [6, 6.07) is 1.81. The van der Waals surface area contributed by atoms with Gasteiger partial charge in [0.05, 0.1) is 0 Å². The molecule has 2 rings (SSSR count). The lowest BCUT2D eigenvalue weighted by Crippen LogP contribution is -2.27. The van der Waals surface area contributed by atoms with E-state index in [2.05, 4.69) is 15.5 Å². The highest BCUT2D eigenvalue weighted by Crippen LogP contribution is 2.22. The molecule has 0 aliphatic heterocycles. The van der Waals surface area contributed by atoms with Crippen molar-refractivity contribution < 1.29 is 9.90 Å². The van der Waals surface area contributed by atoms with Crippen LogP contribution in [0.1, 0.15) is 29.6 Å². The average molecular weight is 208 g/mol. The molecule has 0 aromatic carbocycles. The average Bonchev–Trinajstić information content (AvgIpc) is 2.13. The molecule has 0 unspecified atom stereocenters. The molecule has 1 aromatic heterocycles. The first kappa shape index (κ1) is 9.70. The zero-order valence-electron chi connectivity index (χ0n) is 8.10. The smallest absolute Gasteiger partial charge is 0.339 e. The number of nitrogens with zero attached hydrogens (tertiary/aromatic N) is 2. The van der Waals surface area contributed by atoms with Crippen molar-refractivity contribution in [1.82, 2.24) is 10.2 Å². The number of nitrogen functional groups attached to an aromatic ring is 1. The first-order chi connectivity index (χ1) is 7.16. The van der Waals surface area contributed by atoms with Crippen LogP contribution in [-0.2, 0) is 0 Å². The van der Waals surface area contributed by atoms with Gasteiger partial charge in [-0.1, -0.05) is 0 Å². The summed E-state index contributed by atoms with van der Waals surface area (Å²) < 4.78 is 0. The topological polar surface area (TPSA) is 101 Å². The van der Waals surface area contributed by atoms with E-state index in [0.29, 0.717) is 11.9 Å². The van der Waals surface area contributed by atoms with Crippen LogP contribution in [0.3, 0.4) is 0 Å². The Bertz CT molecular complexity index is 390. The van der Waals surface area contributed by atoms with Crippen LogP contribution in [0, 0.1) is 0 Å². The van der Waals surface area contributed by atoms with Gasteiger partial charge >= 0.3 is 5.97 Å². The van der Waals surface area contributed by atoms with E-state index in [1.807, 2.05) is 0 Å². The molecule has 1 saturated carbocycles. The number of hydrogen-bond acceptors (Lipinski definition) is 5. The lowest BCUT2D eigenvalue weighted by Gasteiger charge is -2.26. The lowest BCUT2D eigenvalue weighted by molar-refractivity contribution is 0.0697. The minimum Gasteiger partial charge on any atom is -0.478 e. The second-order valence-electron chi connectivity index (χ2n) is 3.61. The Hall–Kier alpha value is -1.85. The van der Waals surface area contributed by atoms with Gasteiger partial charge in [0, 0.05) is 12.1 Å². The summed E-state index contributed by atoms with van der Waals surface area (Å²) in [4.78, 5) is 10.8. The van der Waals surface area contributed by atoms with Gasteiger partial charge < -0.3 is 16.2 Å². The molecule has 1 heterocycles. The minimum absolute atomic E-state index is 0.00757. The Balaban J connectivity index is 2.17. The van der Waals surface area contributed by atoms with Gasteiger partial charge in [0.15, 0.2) is 5.82 Å². The van der Waals surface area contributed by atoms with Crippen molar-refractivity contribution in [3.05, 3.63) is 11.6 Å². The van der Waals surface area contributed by atoms with Gasteiger partial charge in [-0.2, -0.15) is 0 Å². The number of nitrogens with one attached hydrogen (secondary N) is 1. The molecule has 0 atom stereocenters. The molecule has 1 fully saturated rings.